The van der Waals surface area contributed by atoms with Crippen LogP contribution in [0.4, 0.5) is 5.82 Å². The van der Waals surface area contributed by atoms with Crippen LogP contribution in [0.5, 0.6) is 0 Å². The Morgan fingerprint density at radius 3 is 2.53 bits per heavy atom. The van der Waals surface area contributed by atoms with E-state index in [0.717, 1.165) is 59.3 Å². The number of nitrogens with zero attached hydrogens (tertiary/aromatic N) is 3. The fraction of sp³-hybridized carbons (Fsp3) is 0.310. The Kier molecular flexibility index (Phi) is 7.60. The summed E-state index contributed by atoms with van der Waals surface area (Å²) in [6.07, 6.45) is 3.93. The number of rotatable bonds is 11. The molecule has 1 atom stereocenters. The first-order valence-electron chi connectivity index (χ1n) is 12.6. The number of anilines is 1. The topological polar surface area (TPSA) is 89.0 Å². The second-order valence-corrected chi connectivity index (χ2v) is 10.2. The lowest BCUT2D eigenvalue weighted by Gasteiger charge is -2.17. The molecule has 5 aromatic rings. The van der Waals surface area contributed by atoms with Crippen LogP contribution in [-0.4, -0.2) is 32.3 Å². The van der Waals surface area contributed by atoms with Gasteiger partial charge in [0.05, 0.1) is 22.3 Å². The number of nitrogen functional groups attached to an aromatic ring is 1. The number of aliphatic hydroxyl groups excluding tert-OH is 1. The molecule has 0 amide bonds. The van der Waals surface area contributed by atoms with E-state index < -0.39 is 0 Å². The molecule has 7 heteroatoms. The Morgan fingerprint density at radius 1 is 1.00 bits per heavy atom. The fourth-order valence-electron chi connectivity index (χ4n) is 4.66. The summed E-state index contributed by atoms with van der Waals surface area (Å²) in [4.78, 5) is 9.51. The third-order valence-corrected chi connectivity index (χ3v) is 7.56. The third kappa shape index (κ3) is 5.28. The summed E-state index contributed by atoms with van der Waals surface area (Å²) in [5.74, 6) is 1.57. The number of pyridine rings is 1. The van der Waals surface area contributed by atoms with E-state index in [-0.39, 0.29) is 12.6 Å². The van der Waals surface area contributed by atoms with Gasteiger partial charge in [0.1, 0.15) is 11.3 Å². The average molecular weight is 500 g/mol. The predicted octanol–water partition coefficient (Wildman–Crippen LogP) is 5.31. The molecule has 0 aliphatic carbocycles. The van der Waals surface area contributed by atoms with Crippen molar-refractivity contribution in [2.75, 3.05) is 12.3 Å². The molecule has 0 bridgehead atoms. The Labute approximate surface area is 215 Å². The van der Waals surface area contributed by atoms with E-state index >= 15 is 0 Å². The molecule has 0 aliphatic rings. The second kappa shape index (κ2) is 11.2. The van der Waals surface area contributed by atoms with Crippen molar-refractivity contribution in [3.05, 3.63) is 88.6 Å². The van der Waals surface area contributed by atoms with Crippen LogP contribution in [0.3, 0.4) is 0 Å². The highest BCUT2D eigenvalue weighted by molar-refractivity contribution is 7.18. The van der Waals surface area contributed by atoms with Gasteiger partial charge in [-0.15, -0.1) is 11.3 Å². The molecule has 6 nitrogen and oxygen atoms in total. The van der Waals surface area contributed by atoms with Crippen LogP contribution in [0.15, 0.2) is 66.0 Å². The number of hydrogen-bond acceptors (Lipinski definition) is 6. The van der Waals surface area contributed by atoms with Crippen LogP contribution in [0.1, 0.15) is 42.3 Å². The largest absolute Gasteiger partial charge is 0.395 e. The number of nitrogens with two attached hydrogens (primary N) is 1. The van der Waals surface area contributed by atoms with Crippen LogP contribution in [0.2, 0.25) is 0 Å². The van der Waals surface area contributed by atoms with Crippen LogP contribution in [0.25, 0.3) is 21.3 Å². The van der Waals surface area contributed by atoms with Crippen molar-refractivity contribution in [1.82, 2.24) is 19.9 Å². The minimum atomic E-state index is 0.0257. The number of aromatic nitrogens is 3. The van der Waals surface area contributed by atoms with E-state index in [1.807, 2.05) is 24.3 Å². The van der Waals surface area contributed by atoms with Crippen molar-refractivity contribution in [3.63, 3.8) is 0 Å². The quantitative estimate of drug-likeness (QED) is 0.229. The maximum Gasteiger partial charge on any atom is 0.152 e. The van der Waals surface area contributed by atoms with Crippen LogP contribution in [-0.2, 0) is 25.9 Å². The van der Waals surface area contributed by atoms with E-state index in [1.54, 1.807) is 11.3 Å². The zero-order chi connectivity index (χ0) is 24.9. The fourth-order valence-corrected chi connectivity index (χ4v) is 5.55. The van der Waals surface area contributed by atoms with E-state index in [9.17, 15) is 5.11 Å². The molecule has 0 unspecified atom stereocenters. The van der Waals surface area contributed by atoms with Crippen LogP contribution in [0, 0.1) is 0 Å². The number of aryl methyl sites for hydroxylation is 1. The summed E-state index contributed by atoms with van der Waals surface area (Å²) in [5, 5.41) is 15.4. The first-order valence-corrected chi connectivity index (χ1v) is 13.5. The van der Waals surface area contributed by atoms with Crippen molar-refractivity contribution in [1.29, 1.82) is 0 Å². The summed E-state index contributed by atoms with van der Waals surface area (Å²) in [6.45, 7) is 3.77. The molecule has 3 heterocycles. The summed E-state index contributed by atoms with van der Waals surface area (Å²) < 4.78 is 3.47. The van der Waals surface area contributed by atoms with Crippen LogP contribution >= 0.6 is 11.3 Å². The molecule has 0 radical (unpaired) electrons. The Bertz CT molecular complexity index is 1430. The first-order chi connectivity index (χ1) is 17.7. The van der Waals surface area contributed by atoms with E-state index in [2.05, 4.69) is 63.6 Å². The van der Waals surface area contributed by atoms with Gasteiger partial charge in [0, 0.05) is 25.6 Å². The number of benzene rings is 2. The van der Waals surface area contributed by atoms with Gasteiger partial charge >= 0.3 is 0 Å². The second-order valence-electron chi connectivity index (χ2n) is 9.31. The summed E-state index contributed by atoms with van der Waals surface area (Å²) in [5.41, 5.74) is 12.8. The van der Waals surface area contributed by atoms with Crippen LogP contribution < -0.4 is 11.1 Å². The zero-order valence-corrected chi connectivity index (χ0v) is 21.5. The highest BCUT2D eigenvalue weighted by atomic mass is 32.1. The van der Waals surface area contributed by atoms with Crippen molar-refractivity contribution in [2.24, 2.45) is 0 Å². The lowest BCUT2D eigenvalue weighted by molar-refractivity contribution is 0.241. The lowest BCUT2D eigenvalue weighted by Crippen LogP contribution is -2.34. The highest BCUT2D eigenvalue weighted by Gasteiger charge is 2.18. The molecule has 4 N–H and O–H groups in total. The monoisotopic (exact) mass is 499 g/mol. The molecular weight excluding hydrogens is 466 g/mol. The van der Waals surface area contributed by atoms with E-state index in [1.165, 1.54) is 16.7 Å². The number of aliphatic hydroxyl groups is 1. The molecule has 0 spiro atoms. The number of unbranched alkanes of at least 4 members (excludes halogenated alkanes) is 1. The minimum absolute atomic E-state index is 0.0257. The van der Waals surface area contributed by atoms with Gasteiger partial charge in [-0.3, -0.25) is 0 Å². The molecular formula is C29H33N5OS. The summed E-state index contributed by atoms with van der Waals surface area (Å²) in [6, 6.07) is 21.0. The van der Waals surface area contributed by atoms with Crippen molar-refractivity contribution in [2.45, 2.75) is 51.7 Å². The molecule has 186 valence electrons. The Morgan fingerprint density at radius 2 is 1.78 bits per heavy atom. The van der Waals surface area contributed by atoms with Gasteiger partial charge in [-0.2, -0.15) is 0 Å². The van der Waals surface area contributed by atoms with E-state index in [4.69, 9.17) is 10.7 Å². The minimum Gasteiger partial charge on any atom is -0.395 e. The average Bonchev–Trinajstić information content (AvgIpc) is 3.51. The third-order valence-electron chi connectivity index (χ3n) is 6.65. The number of hydrogen-bond donors (Lipinski definition) is 3. The summed E-state index contributed by atoms with van der Waals surface area (Å²) >= 11 is 1.69. The molecule has 3 aromatic heterocycles. The highest BCUT2D eigenvalue weighted by Crippen LogP contribution is 2.33. The SMILES string of the molecule is CCCCc1nc2c(N)nc3ccsc3c2n1Cc1ccc(CN[C@H](CO)Cc2ccccc2)cc1. The number of thiophene rings is 1. The number of fused-ring (bicyclic) bond motifs is 3. The lowest BCUT2D eigenvalue weighted by atomic mass is 10.1. The van der Waals surface area contributed by atoms with Gasteiger partial charge < -0.3 is 20.7 Å². The zero-order valence-electron chi connectivity index (χ0n) is 20.7. The molecule has 2 aromatic carbocycles. The summed E-state index contributed by atoms with van der Waals surface area (Å²) in [7, 11) is 0. The molecule has 36 heavy (non-hydrogen) atoms. The number of nitrogens with one attached hydrogen (secondary N) is 1. The maximum absolute atomic E-state index is 9.82. The molecule has 5 rings (SSSR count). The molecule has 0 saturated heterocycles. The smallest absolute Gasteiger partial charge is 0.152 e. The van der Waals surface area contributed by atoms with Crippen molar-refractivity contribution >= 4 is 38.4 Å². The normalized spacial score (nSPS) is 12.5. The predicted molar refractivity (Wildman–Crippen MR) is 149 cm³/mol. The maximum atomic E-state index is 9.82. The molecule has 0 aliphatic heterocycles. The van der Waals surface area contributed by atoms with Crippen molar-refractivity contribution in [3.8, 4) is 0 Å². The number of imidazole rings is 1. The van der Waals surface area contributed by atoms with Gasteiger partial charge in [-0.25, -0.2) is 9.97 Å². The first kappa shape index (κ1) is 24.4. The molecule has 0 fully saturated rings. The Hall–Kier alpha value is -3.26. The van der Waals surface area contributed by atoms with Crippen molar-refractivity contribution < 1.29 is 5.11 Å². The standard InChI is InChI=1S/C29H33N5OS/c1-2-3-9-25-33-26-27(28-24(14-15-36-28)32-29(26)30)34(25)18-22-12-10-21(11-13-22)17-31-23(19-35)16-20-7-5-4-6-8-20/h4-8,10-15,23,31,35H,2-3,9,16-19H2,1H3,(H2,30,32)/t23-/m0/s1. The van der Waals surface area contributed by atoms with E-state index in [0.29, 0.717) is 12.4 Å². The molecule has 0 saturated carbocycles. The van der Waals surface area contributed by atoms with Gasteiger partial charge in [0.25, 0.3) is 0 Å². The Balaban J connectivity index is 1.34. The van der Waals surface area contributed by atoms with Gasteiger partial charge in [0.15, 0.2) is 5.82 Å². The van der Waals surface area contributed by atoms with Gasteiger partial charge in [-0.1, -0.05) is 67.9 Å². The van der Waals surface area contributed by atoms with Gasteiger partial charge in [-0.05, 0) is 41.0 Å². The van der Waals surface area contributed by atoms with Gasteiger partial charge in [0.2, 0.25) is 0 Å².